The summed E-state index contributed by atoms with van der Waals surface area (Å²) in [6, 6.07) is 1.84. The van der Waals surface area contributed by atoms with Gasteiger partial charge in [0, 0.05) is 30.5 Å². The molecule has 4 rings (SSSR count). The van der Waals surface area contributed by atoms with Crippen molar-refractivity contribution in [2.24, 2.45) is 0 Å². The molecule has 0 saturated carbocycles. The van der Waals surface area contributed by atoms with E-state index in [-0.39, 0.29) is 12.4 Å². The molecule has 0 saturated heterocycles. The average molecular weight is 378 g/mol. The molecule has 10 heteroatoms. The minimum Gasteiger partial charge on any atom is -0.327 e. The van der Waals surface area contributed by atoms with E-state index < -0.39 is 11.9 Å². The minimum absolute atomic E-state index is 0.153. The highest BCUT2D eigenvalue weighted by Gasteiger charge is 2.35. The summed E-state index contributed by atoms with van der Waals surface area (Å²) in [6.45, 7) is 2.76. The lowest BCUT2D eigenvalue weighted by atomic mass is 10.4. The van der Waals surface area contributed by atoms with Gasteiger partial charge in [0.2, 0.25) is 0 Å². The Morgan fingerprint density at radius 3 is 2.73 bits per heavy atom. The molecular formula is C16H13F3N6S. The predicted molar refractivity (Wildman–Crippen MR) is 90.6 cm³/mol. The van der Waals surface area contributed by atoms with Gasteiger partial charge < -0.3 is 9.13 Å². The standard InChI is InChI=1S/C16H13F3N6S/c1-2-25-11-3-4-20-7-10(11)22-13(25)9-24-8-12(16(17,18)19)23-14(24)15-21-5-6-26-15/h3-8H,2,9H2,1H3. The van der Waals surface area contributed by atoms with Crippen molar-refractivity contribution in [3.63, 3.8) is 0 Å². The van der Waals surface area contributed by atoms with E-state index in [0.29, 0.717) is 22.9 Å². The van der Waals surface area contributed by atoms with Crippen LogP contribution in [0.15, 0.2) is 36.2 Å². The molecule has 0 aliphatic carbocycles. The van der Waals surface area contributed by atoms with E-state index in [1.807, 2.05) is 17.6 Å². The van der Waals surface area contributed by atoms with Gasteiger partial charge in [-0.05, 0) is 13.0 Å². The maximum Gasteiger partial charge on any atom is 0.434 e. The second-order valence-corrected chi connectivity index (χ2v) is 6.44. The van der Waals surface area contributed by atoms with Crippen LogP contribution in [0.3, 0.4) is 0 Å². The Kier molecular flexibility index (Phi) is 3.98. The lowest BCUT2D eigenvalue weighted by Gasteiger charge is -2.08. The van der Waals surface area contributed by atoms with Crippen molar-refractivity contribution in [2.45, 2.75) is 26.2 Å². The average Bonchev–Trinajstić information content (AvgIpc) is 3.32. The number of aryl methyl sites for hydroxylation is 1. The van der Waals surface area contributed by atoms with Gasteiger partial charge in [0.05, 0.1) is 18.3 Å². The highest BCUT2D eigenvalue weighted by atomic mass is 32.1. The van der Waals surface area contributed by atoms with Crippen LogP contribution in [-0.2, 0) is 19.3 Å². The topological polar surface area (TPSA) is 61.4 Å². The summed E-state index contributed by atoms with van der Waals surface area (Å²) in [6.07, 6.45) is 1.33. The fraction of sp³-hybridized carbons (Fsp3) is 0.250. The molecule has 26 heavy (non-hydrogen) atoms. The van der Waals surface area contributed by atoms with Gasteiger partial charge in [0.1, 0.15) is 11.3 Å². The SMILES string of the molecule is CCn1c(Cn2cc(C(F)(F)F)nc2-c2nccs2)nc2cnccc21. The molecule has 6 nitrogen and oxygen atoms in total. The van der Waals surface area contributed by atoms with Gasteiger partial charge in [0.25, 0.3) is 0 Å². The number of alkyl halides is 3. The quantitative estimate of drug-likeness (QED) is 0.541. The number of imidazole rings is 2. The van der Waals surface area contributed by atoms with Gasteiger partial charge in [-0.25, -0.2) is 15.0 Å². The fourth-order valence-corrected chi connectivity index (χ4v) is 3.48. The minimum atomic E-state index is -4.52. The normalized spacial score (nSPS) is 12.2. The molecule has 0 unspecified atom stereocenters. The number of halogens is 3. The van der Waals surface area contributed by atoms with Gasteiger partial charge in [-0.3, -0.25) is 4.98 Å². The number of nitrogens with zero attached hydrogens (tertiary/aromatic N) is 6. The lowest BCUT2D eigenvalue weighted by molar-refractivity contribution is -0.140. The molecule has 0 N–H and O–H groups in total. The summed E-state index contributed by atoms with van der Waals surface area (Å²) in [4.78, 5) is 16.4. The first-order valence-electron chi connectivity index (χ1n) is 7.80. The van der Waals surface area contributed by atoms with Crippen LogP contribution in [0.4, 0.5) is 13.2 Å². The number of fused-ring (bicyclic) bond motifs is 1. The Morgan fingerprint density at radius 2 is 2.04 bits per heavy atom. The zero-order valence-corrected chi connectivity index (χ0v) is 14.4. The first-order valence-corrected chi connectivity index (χ1v) is 8.68. The molecule has 0 fully saturated rings. The van der Waals surface area contributed by atoms with E-state index in [2.05, 4.69) is 19.9 Å². The molecule has 0 bridgehead atoms. The lowest BCUT2D eigenvalue weighted by Crippen LogP contribution is -2.09. The second kappa shape index (κ2) is 6.20. The Morgan fingerprint density at radius 1 is 1.19 bits per heavy atom. The highest BCUT2D eigenvalue weighted by molar-refractivity contribution is 7.13. The molecule has 4 aromatic heterocycles. The third-order valence-electron chi connectivity index (χ3n) is 3.95. The van der Waals surface area contributed by atoms with Gasteiger partial charge in [-0.2, -0.15) is 13.2 Å². The maximum atomic E-state index is 13.2. The fourth-order valence-electron chi connectivity index (χ4n) is 2.84. The highest BCUT2D eigenvalue weighted by Crippen LogP contribution is 2.32. The van der Waals surface area contributed by atoms with Crippen molar-refractivity contribution < 1.29 is 13.2 Å². The summed E-state index contributed by atoms with van der Waals surface area (Å²) in [5.41, 5.74) is 0.657. The molecule has 0 atom stereocenters. The number of hydrogen-bond acceptors (Lipinski definition) is 5. The third-order valence-corrected chi connectivity index (χ3v) is 4.72. The van der Waals surface area contributed by atoms with Crippen LogP contribution in [0.1, 0.15) is 18.4 Å². The summed E-state index contributed by atoms with van der Waals surface area (Å²) in [5.74, 6) is 0.819. The summed E-state index contributed by atoms with van der Waals surface area (Å²) in [5, 5.41) is 2.13. The van der Waals surface area contributed by atoms with Crippen LogP contribution < -0.4 is 0 Å². The second-order valence-electron chi connectivity index (χ2n) is 5.55. The molecular weight excluding hydrogens is 365 g/mol. The molecule has 4 heterocycles. The van der Waals surface area contributed by atoms with Crippen molar-refractivity contribution >= 4 is 22.4 Å². The van der Waals surface area contributed by atoms with E-state index >= 15 is 0 Å². The smallest absolute Gasteiger partial charge is 0.327 e. The zero-order valence-electron chi connectivity index (χ0n) is 13.6. The summed E-state index contributed by atoms with van der Waals surface area (Å²) < 4.78 is 42.9. The Balaban J connectivity index is 1.82. The van der Waals surface area contributed by atoms with Crippen molar-refractivity contribution in [3.05, 3.63) is 47.8 Å². The summed E-state index contributed by atoms with van der Waals surface area (Å²) >= 11 is 1.24. The van der Waals surface area contributed by atoms with E-state index in [1.54, 1.807) is 24.0 Å². The van der Waals surface area contributed by atoms with Crippen molar-refractivity contribution in [1.82, 2.24) is 29.1 Å². The first kappa shape index (κ1) is 16.7. The van der Waals surface area contributed by atoms with Crippen molar-refractivity contribution in [3.8, 4) is 10.8 Å². The van der Waals surface area contributed by atoms with E-state index in [9.17, 15) is 13.2 Å². The maximum absolute atomic E-state index is 13.2. The monoisotopic (exact) mass is 378 g/mol. The van der Waals surface area contributed by atoms with Gasteiger partial charge in [0.15, 0.2) is 16.5 Å². The molecule has 0 amide bonds. The number of thiazole rings is 1. The van der Waals surface area contributed by atoms with Gasteiger partial charge in [-0.1, -0.05) is 0 Å². The van der Waals surface area contributed by atoms with Crippen LogP contribution >= 0.6 is 11.3 Å². The largest absolute Gasteiger partial charge is 0.434 e. The van der Waals surface area contributed by atoms with E-state index in [0.717, 1.165) is 11.7 Å². The molecule has 0 aromatic carbocycles. The van der Waals surface area contributed by atoms with Crippen LogP contribution in [0.25, 0.3) is 21.9 Å². The molecule has 0 spiro atoms. The molecule has 0 radical (unpaired) electrons. The Hall–Kier alpha value is -2.75. The Bertz CT molecular complexity index is 1050. The van der Waals surface area contributed by atoms with Crippen LogP contribution in [-0.4, -0.2) is 29.1 Å². The van der Waals surface area contributed by atoms with Crippen molar-refractivity contribution in [1.29, 1.82) is 0 Å². The van der Waals surface area contributed by atoms with E-state index in [1.165, 1.54) is 15.9 Å². The van der Waals surface area contributed by atoms with Gasteiger partial charge in [-0.15, -0.1) is 11.3 Å². The van der Waals surface area contributed by atoms with Crippen LogP contribution in [0, 0.1) is 0 Å². The van der Waals surface area contributed by atoms with Gasteiger partial charge >= 0.3 is 6.18 Å². The molecule has 134 valence electrons. The predicted octanol–water partition coefficient (Wildman–Crippen LogP) is 3.84. The summed E-state index contributed by atoms with van der Waals surface area (Å²) in [7, 11) is 0. The Labute approximate surface area is 150 Å². The van der Waals surface area contributed by atoms with Crippen molar-refractivity contribution in [2.75, 3.05) is 0 Å². The number of rotatable bonds is 4. The van der Waals surface area contributed by atoms with Crippen LogP contribution in [0.2, 0.25) is 0 Å². The number of pyridine rings is 1. The first-order chi connectivity index (χ1) is 12.5. The number of hydrogen-bond donors (Lipinski definition) is 0. The van der Waals surface area contributed by atoms with Crippen LogP contribution in [0.5, 0.6) is 0 Å². The molecule has 0 aliphatic rings. The third kappa shape index (κ3) is 2.85. The zero-order chi connectivity index (χ0) is 18.3. The number of aromatic nitrogens is 6. The molecule has 4 aromatic rings. The molecule has 0 aliphatic heterocycles. The van der Waals surface area contributed by atoms with E-state index in [4.69, 9.17) is 0 Å².